The Bertz CT molecular complexity index is 618. The predicted octanol–water partition coefficient (Wildman–Crippen LogP) is -0.747. The number of nitro groups is 1. The third-order valence-electron chi connectivity index (χ3n) is 3.42. The molecule has 1 unspecified atom stereocenters. The molecule has 0 saturated carbocycles. The van der Waals surface area contributed by atoms with Crippen LogP contribution in [0.15, 0.2) is 23.2 Å². The zero-order chi connectivity index (χ0) is 15.6. The summed E-state index contributed by atoms with van der Waals surface area (Å²) in [7, 11) is -1.84. The molecule has 10 heteroatoms. The molecule has 21 heavy (non-hydrogen) atoms. The highest BCUT2D eigenvalue weighted by Crippen LogP contribution is 2.21. The van der Waals surface area contributed by atoms with Gasteiger partial charge in [0.05, 0.1) is 6.04 Å². The molecule has 1 aliphatic heterocycles. The maximum Gasteiger partial charge on any atom is 0.363 e. The number of sulfonamides is 1. The van der Waals surface area contributed by atoms with E-state index < -0.39 is 14.9 Å². The summed E-state index contributed by atoms with van der Waals surface area (Å²) in [6.07, 6.45) is 1.01. The van der Waals surface area contributed by atoms with Gasteiger partial charge in [-0.1, -0.05) is 0 Å². The van der Waals surface area contributed by atoms with Gasteiger partial charge in [-0.25, -0.2) is 8.42 Å². The largest absolute Gasteiger partial charge is 0.363 e. The van der Waals surface area contributed by atoms with Gasteiger partial charge in [-0.05, 0) is 23.0 Å². The number of hydrogen-bond acceptors (Lipinski definition) is 7. The Morgan fingerprint density at radius 2 is 2.19 bits per heavy atom. The average molecular weight is 315 g/mol. The summed E-state index contributed by atoms with van der Waals surface area (Å²) in [5.41, 5.74) is 5.66. The Kier molecular flexibility index (Phi) is 4.52. The maximum atomic E-state index is 12.6. The third-order valence-corrected chi connectivity index (χ3v) is 5.35. The van der Waals surface area contributed by atoms with E-state index in [1.54, 1.807) is 0 Å². The molecule has 0 aromatic carbocycles. The number of nitrogens with zero attached hydrogens (tertiary/aromatic N) is 4. The minimum atomic E-state index is -3.75. The minimum absolute atomic E-state index is 0.0592. The quantitative estimate of drug-likeness (QED) is 0.573. The molecule has 2 N–H and O–H groups in total. The number of rotatable bonds is 4. The number of pyridine rings is 1. The molecule has 0 radical (unpaired) electrons. The molecule has 0 amide bonds. The van der Waals surface area contributed by atoms with Crippen molar-refractivity contribution in [3.8, 4) is 0 Å². The molecule has 2 rings (SSSR count). The van der Waals surface area contributed by atoms with Crippen molar-refractivity contribution >= 4 is 15.8 Å². The Morgan fingerprint density at radius 1 is 1.48 bits per heavy atom. The van der Waals surface area contributed by atoms with Crippen LogP contribution in [0.1, 0.15) is 0 Å². The molecule has 9 nitrogen and oxygen atoms in total. The van der Waals surface area contributed by atoms with E-state index >= 15 is 0 Å². The summed E-state index contributed by atoms with van der Waals surface area (Å²) in [4.78, 5) is 15.4. The summed E-state index contributed by atoms with van der Waals surface area (Å²) in [6, 6.07) is 1.97. The van der Waals surface area contributed by atoms with Crippen molar-refractivity contribution in [1.82, 2.24) is 14.2 Å². The Balaban J connectivity index is 2.30. The molecule has 116 valence electrons. The standard InChI is InChI=1S/C11H17N5O4S/c1-14-4-5-15(9(6-12)8-14)21(19,20)10-2-3-11(13-7-10)16(17)18/h2-3,7,9H,4-6,8,12H2,1H3. The van der Waals surface area contributed by atoms with Crippen LogP contribution >= 0.6 is 0 Å². The van der Waals surface area contributed by atoms with Crippen molar-refractivity contribution in [2.45, 2.75) is 10.9 Å². The average Bonchev–Trinajstić information content (AvgIpc) is 2.46. The predicted molar refractivity (Wildman–Crippen MR) is 75.1 cm³/mol. The van der Waals surface area contributed by atoms with Crippen molar-refractivity contribution in [1.29, 1.82) is 0 Å². The van der Waals surface area contributed by atoms with Gasteiger partial charge in [0.2, 0.25) is 10.0 Å². The van der Waals surface area contributed by atoms with Gasteiger partial charge in [-0.2, -0.15) is 4.31 Å². The number of piperazine rings is 1. The molecule has 1 aromatic heterocycles. The number of aromatic nitrogens is 1. The van der Waals surface area contributed by atoms with Gasteiger partial charge in [0.25, 0.3) is 0 Å². The lowest BCUT2D eigenvalue weighted by Crippen LogP contribution is -2.56. The number of hydrogen-bond donors (Lipinski definition) is 1. The Labute approximate surface area is 122 Å². The summed E-state index contributed by atoms with van der Waals surface area (Å²) < 4.78 is 26.5. The second-order valence-corrected chi connectivity index (χ2v) is 6.77. The van der Waals surface area contributed by atoms with Gasteiger partial charge in [-0.3, -0.25) is 0 Å². The van der Waals surface area contributed by atoms with Crippen LogP contribution in [0.3, 0.4) is 0 Å². The molecular formula is C11H17N5O4S. The molecule has 1 saturated heterocycles. The highest BCUT2D eigenvalue weighted by Gasteiger charge is 2.35. The molecule has 0 bridgehead atoms. The summed E-state index contributed by atoms with van der Waals surface area (Å²) in [5, 5.41) is 10.6. The van der Waals surface area contributed by atoms with Gasteiger partial charge < -0.3 is 20.7 Å². The zero-order valence-electron chi connectivity index (χ0n) is 11.5. The Morgan fingerprint density at radius 3 is 2.71 bits per heavy atom. The van der Waals surface area contributed by atoms with Crippen LogP contribution < -0.4 is 5.73 Å². The topological polar surface area (TPSA) is 123 Å². The SMILES string of the molecule is CN1CCN(S(=O)(=O)c2ccc([N+](=O)[O-])nc2)C(CN)C1. The summed E-state index contributed by atoms with van der Waals surface area (Å²) >= 11 is 0. The summed E-state index contributed by atoms with van der Waals surface area (Å²) in [6.45, 7) is 1.70. The fourth-order valence-corrected chi connectivity index (χ4v) is 3.83. The third kappa shape index (κ3) is 3.18. The van der Waals surface area contributed by atoms with Gasteiger partial charge >= 0.3 is 5.82 Å². The number of nitrogens with two attached hydrogens (primary N) is 1. The lowest BCUT2D eigenvalue weighted by atomic mass is 10.2. The normalized spacial score (nSPS) is 21.3. The van der Waals surface area contributed by atoms with Gasteiger partial charge in [0.1, 0.15) is 4.90 Å². The van der Waals surface area contributed by atoms with Crippen LogP contribution in [-0.4, -0.2) is 66.8 Å². The van der Waals surface area contributed by atoms with Crippen LogP contribution in [0.5, 0.6) is 0 Å². The lowest BCUT2D eigenvalue weighted by Gasteiger charge is -2.38. The van der Waals surface area contributed by atoms with Gasteiger partial charge in [0.15, 0.2) is 6.20 Å². The summed E-state index contributed by atoms with van der Waals surface area (Å²) in [5.74, 6) is -0.386. The van der Waals surface area contributed by atoms with Gasteiger partial charge in [0, 0.05) is 32.2 Å². The zero-order valence-corrected chi connectivity index (χ0v) is 12.4. The van der Waals surface area contributed by atoms with Gasteiger partial charge in [-0.15, -0.1) is 0 Å². The van der Waals surface area contributed by atoms with E-state index in [0.717, 1.165) is 12.3 Å². The highest BCUT2D eigenvalue weighted by atomic mass is 32.2. The molecule has 2 heterocycles. The maximum absolute atomic E-state index is 12.6. The van der Waals surface area contributed by atoms with Crippen molar-refractivity contribution in [3.63, 3.8) is 0 Å². The van der Waals surface area contributed by atoms with E-state index in [0.29, 0.717) is 19.6 Å². The van der Waals surface area contributed by atoms with E-state index in [-0.39, 0.29) is 23.3 Å². The molecule has 1 fully saturated rings. The second-order valence-electron chi connectivity index (χ2n) is 4.88. The molecule has 1 atom stereocenters. The van der Waals surface area contributed by atoms with Crippen LogP contribution in [0.25, 0.3) is 0 Å². The van der Waals surface area contributed by atoms with Crippen molar-refractivity contribution in [3.05, 3.63) is 28.4 Å². The molecule has 0 aliphatic carbocycles. The smallest absolute Gasteiger partial charge is 0.358 e. The first-order valence-electron chi connectivity index (χ1n) is 6.37. The van der Waals surface area contributed by atoms with Crippen molar-refractivity contribution in [2.75, 3.05) is 33.2 Å². The van der Waals surface area contributed by atoms with E-state index in [2.05, 4.69) is 4.98 Å². The highest BCUT2D eigenvalue weighted by molar-refractivity contribution is 7.89. The van der Waals surface area contributed by atoms with Crippen LogP contribution in [0.2, 0.25) is 0 Å². The fraction of sp³-hybridized carbons (Fsp3) is 0.545. The lowest BCUT2D eigenvalue weighted by molar-refractivity contribution is -0.389. The van der Waals surface area contributed by atoms with E-state index in [1.165, 1.54) is 10.4 Å². The van der Waals surface area contributed by atoms with E-state index in [4.69, 9.17) is 5.73 Å². The molecule has 1 aromatic rings. The Hall–Kier alpha value is -1.62. The first-order valence-corrected chi connectivity index (χ1v) is 7.81. The molecule has 0 spiro atoms. The molecular weight excluding hydrogens is 298 g/mol. The second kappa shape index (κ2) is 6.02. The fourth-order valence-electron chi connectivity index (χ4n) is 2.27. The van der Waals surface area contributed by atoms with E-state index in [9.17, 15) is 18.5 Å². The minimum Gasteiger partial charge on any atom is -0.358 e. The van der Waals surface area contributed by atoms with Crippen molar-refractivity contribution < 1.29 is 13.3 Å². The number of likely N-dealkylation sites (N-methyl/N-ethyl adjacent to an activating group) is 1. The van der Waals surface area contributed by atoms with Crippen LogP contribution in [0.4, 0.5) is 5.82 Å². The molecule has 1 aliphatic rings. The first kappa shape index (κ1) is 15.8. The van der Waals surface area contributed by atoms with Crippen LogP contribution in [0, 0.1) is 10.1 Å². The van der Waals surface area contributed by atoms with Crippen LogP contribution in [-0.2, 0) is 10.0 Å². The first-order chi connectivity index (χ1) is 9.86. The van der Waals surface area contributed by atoms with E-state index in [1.807, 2.05) is 11.9 Å². The monoisotopic (exact) mass is 315 g/mol. The van der Waals surface area contributed by atoms with Crippen molar-refractivity contribution in [2.24, 2.45) is 5.73 Å².